The van der Waals surface area contributed by atoms with Gasteiger partial charge in [-0.1, -0.05) is 30.3 Å². The van der Waals surface area contributed by atoms with E-state index in [1.54, 1.807) is 0 Å². The quantitative estimate of drug-likeness (QED) is 0.929. The Morgan fingerprint density at radius 2 is 1.87 bits per heavy atom. The summed E-state index contributed by atoms with van der Waals surface area (Å²) in [5.41, 5.74) is 2.68. The van der Waals surface area contributed by atoms with Crippen LogP contribution in [-0.2, 0) is 11.2 Å². The summed E-state index contributed by atoms with van der Waals surface area (Å²) in [6.45, 7) is 3.25. The van der Waals surface area contributed by atoms with Crippen molar-refractivity contribution in [1.29, 1.82) is 0 Å². The third-order valence-corrected chi connectivity index (χ3v) is 4.80. The molecule has 0 radical (unpaired) electrons. The lowest BCUT2D eigenvalue weighted by molar-refractivity contribution is 0.118. The minimum absolute atomic E-state index is 0.0437. The molecular formula is C19H26N2O2. The normalized spacial score (nSPS) is 19.5. The van der Waals surface area contributed by atoms with E-state index in [-0.39, 0.29) is 6.03 Å². The second-order valence-electron chi connectivity index (χ2n) is 6.48. The van der Waals surface area contributed by atoms with Gasteiger partial charge in [-0.25, -0.2) is 4.79 Å². The third kappa shape index (κ3) is 4.83. The zero-order valence-corrected chi connectivity index (χ0v) is 13.7. The zero-order chi connectivity index (χ0) is 15.9. The number of rotatable bonds is 3. The number of carbonyl (C=O) groups excluding carboxylic acids is 1. The Hall–Kier alpha value is -1.81. The SMILES string of the molecule is O=C(NC=C1CCOCC1)N1CCC(Cc2ccccc2)CC1. The highest BCUT2D eigenvalue weighted by Crippen LogP contribution is 2.21. The number of nitrogens with one attached hydrogen (secondary N) is 1. The molecule has 1 aromatic rings. The maximum atomic E-state index is 12.2. The monoisotopic (exact) mass is 314 g/mol. The van der Waals surface area contributed by atoms with Gasteiger partial charge in [-0.15, -0.1) is 0 Å². The maximum absolute atomic E-state index is 12.2. The van der Waals surface area contributed by atoms with Crippen molar-refractivity contribution < 1.29 is 9.53 Å². The first-order chi connectivity index (χ1) is 11.3. The van der Waals surface area contributed by atoms with Crippen molar-refractivity contribution in [1.82, 2.24) is 10.2 Å². The van der Waals surface area contributed by atoms with Crippen LogP contribution in [0.4, 0.5) is 4.79 Å². The topological polar surface area (TPSA) is 41.6 Å². The highest BCUT2D eigenvalue weighted by atomic mass is 16.5. The minimum atomic E-state index is 0.0437. The Kier molecular flexibility index (Phi) is 5.70. The van der Waals surface area contributed by atoms with Gasteiger partial charge in [0.25, 0.3) is 0 Å². The molecule has 1 N–H and O–H groups in total. The summed E-state index contributed by atoms with van der Waals surface area (Å²) < 4.78 is 5.32. The molecule has 0 atom stereocenters. The molecule has 2 fully saturated rings. The molecule has 3 rings (SSSR count). The van der Waals surface area contributed by atoms with E-state index in [1.165, 1.54) is 11.1 Å². The molecule has 0 aliphatic carbocycles. The van der Waals surface area contributed by atoms with Crippen LogP contribution in [0.1, 0.15) is 31.2 Å². The molecular weight excluding hydrogens is 288 g/mol. The Bertz CT molecular complexity index is 526. The van der Waals surface area contributed by atoms with E-state index in [4.69, 9.17) is 4.74 Å². The molecule has 4 heteroatoms. The van der Waals surface area contributed by atoms with Crippen LogP contribution in [0, 0.1) is 5.92 Å². The predicted octanol–water partition coefficient (Wildman–Crippen LogP) is 3.35. The number of ether oxygens (including phenoxy) is 1. The molecule has 0 unspecified atom stereocenters. The number of hydrogen-bond acceptors (Lipinski definition) is 2. The molecule has 0 spiro atoms. The lowest BCUT2D eigenvalue weighted by Gasteiger charge is -2.32. The van der Waals surface area contributed by atoms with Gasteiger partial charge in [-0.3, -0.25) is 0 Å². The lowest BCUT2D eigenvalue weighted by Crippen LogP contribution is -2.43. The van der Waals surface area contributed by atoms with Crippen LogP contribution in [0.15, 0.2) is 42.1 Å². The van der Waals surface area contributed by atoms with Gasteiger partial charge >= 0.3 is 6.03 Å². The van der Waals surface area contributed by atoms with Gasteiger partial charge in [-0.2, -0.15) is 0 Å². The molecule has 2 saturated heterocycles. The Labute approximate surface area is 138 Å². The van der Waals surface area contributed by atoms with Crippen LogP contribution < -0.4 is 5.32 Å². The van der Waals surface area contributed by atoms with Gasteiger partial charge < -0.3 is 15.0 Å². The number of hydrogen-bond donors (Lipinski definition) is 1. The Morgan fingerprint density at radius 3 is 2.57 bits per heavy atom. The summed E-state index contributed by atoms with van der Waals surface area (Å²) in [5.74, 6) is 0.690. The summed E-state index contributed by atoms with van der Waals surface area (Å²) >= 11 is 0. The van der Waals surface area contributed by atoms with Crippen molar-refractivity contribution in [3.8, 4) is 0 Å². The smallest absolute Gasteiger partial charge is 0.321 e. The number of piperidine rings is 1. The van der Waals surface area contributed by atoms with E-state index in [9.17, 15) is 4.79 Å². The largest absolute Gasteiger partial charge is 0.381 e. The van der Waals surface area contributed by atoms with Crippen molar-refractivity contribution in [2.45, 2.75) is 32.1 Å². The van der Waals surface area contributed by atoms with Crippen molar-refractivity contribution in [2.24, 2.45) is 5.92 Å². The van der Waals surface area contributed by atoms with Crippen LogP contribution in [0.5, 0.6) is 0 Å². The molecule has 0 aromatic heterocycles. The maximum Gasteiger partial charge on any atom is 0.321 e. The van der Waals surface area contributed by atoms with Crippen molar-refractivity contribution in [3.05, 3.63) is 47.7 Å². The second-order valence-corrected chi connectivity index (χ2v) is 6.48. The van der Waals surface area contributed by atoms with E-state index >= 15 is 0 Å². The average molecular weight is 314 g/mol. The number of carbonyl (C=O) groups is 1. The molecule has 2 amide bonds. The van der Waals surface area contributed by atoms with Gasteiger partial charge in [0.15, 0.2) is 0 Å². The van der Waals surface area contributed by atoms with E-state index in [1.807, 2.05) is 11.1 Å². The van der Waals surface area contributed by atoms with E-state index in [2.05, 4.69) is 35.6 Å². The van der Waals surface area contributed by atoms with Crippen molar-refractivity contribution in [3.63, 3.8) is 0 Å². The average Bonchev–Trinajstić information content (AvgIpc) is 2.62. The van der Waals surface area contributed by atoms with Gasteiger partial charge in [0.2, 0.25) is 0 Å². The highest BCUT2D eigenvalue weighted by Gasteiger charge is 2.22. The third-order valence-electron chi connectivity index (χ3n) is 4.80. The standard InChI is InChI=1S/C19H26N2O2/c22-19(20-15-18-8-12-23-13-9-18)21-10-6-17(7-11-21)14-16-4-2-1-3-5-16/h1-5,15,17H,6-14H2,(H,20,22). The van der Waals surface area contributed by atoms with Crippen LogP contribution in [-0.4, -0.2) is 37.2 Å². The van der Waals surface area contributed by atoms with E-state index < -0.39 is 0 Å². The highest BCUT2D eigenvalue weighted by molar-refractivity contribution is 5.75. The number of urea groups is 1. The summed E-state index contributed by atoms with van der Waals surface area (Å²) in [7, 11) is 0. The predicted molar refractivity (Wildman–Crippen MR) is 91.1 cm³/mol. The zero-order valence-electron chi connectivity index (χ0n) is 13.7. The van der Waals surface area contributed by atoms with Crippen LogP contribution in [0.2, 0.25) is 0 Å². The number of likely N-dealkylation sites (tertiary alicyclic amines) is 1. The van der Waals surface area contributed by atoms with Crippen LogP contribution in [0.3, 0.4) is 0 Å². The van der Waals surface area contributed by atoms with Crippen molar-refractivity contribution in [2.75, 3.05) is 26.3 Å². The van der Waals surface area contributed by atoms with Crippen LogP contribution >= 0.6 is 0 Å². The first-order valence-corrected chi connectivity index (χ1v) is 8.66. The van der Waals surface area contributed by atoms with Gasteiger partial charge in [-0.05, 0) is 49.2 Å². The van der Waals surface area contributed by atoms with E-state index in [0.29, 0.717) is 5.92 Å². The Morgan fingerprint density at radius 1 is 1.17 bits per heavy atom. The van der Waals surface area contributed by atoms with Crippen LogP contribution in [0.25, 0.3) is 0 Å². The summed E-state index contributed by atoms with van der Waals surface area (Å²) in [5, 5.41) is 2.96. The van der Waals surface area contributed by atoms with Gasteiger partial charge in [0, 0.05) is 19.3 Å². The van der Waals surface area contributed by atoms with Gasteiger partial charge in [0.1, 0.15) is 0 Å². The van der Waals surface area contributed by atoms with Gasteiger partial charge in [0.05, 0.1) is 13.2 Å². The molecule has 124 valence electrons. The molecule has 2 aliphatic heterocycles. The fourth-order valence-corrected chi connectivity index (χ4v) is 3.32. The molecule has 0 saturated carbocycles. The molecule has 2 aliphatic rings. The molecule has 2 heterocycles. The first kappa shape index (κ1) is 16.1. The number of amides is 2. The number of nitrogens with zero attached hydrogens (tertiary/aromatic N) is 1. The molecule has 4 nitrogen and oxygen atoms in total. The lowest BCUT2D eigenvalue weighted by atomic mass is 9.90. The van der Waals surface area contributed by atoms with E-state index in [0.717, 1.165) is 58.4 Å². The fraction of sp³-hybridized carbons (Fsp3) is 0.526. The number of benzene rings is 1. The summed E-state index contributed by atoms with van der Waals surface area (Å²) in [6.07, 6.45) is 7.06. The molecule has 1 aromatic carbocycles. The summed E-state index contributed by atoms with van der Waals surface area (Å²) in [4.78, 5) is 14.2. The Balaban J connectivity index is 1.42. The summed E-state index contributed by atoms with van der Waals surface area (Å²) in [6, 6.07) is 10.7. The minimum Gasteiger partial charge on any atom is -0.381 e. The second kappa shape index (κ2) is 8.16. The molecule has 0 bridgehead atoms. The van der Waals surface area contributed by atoms with Crippen molar-refractivity contribution >= 4 is 6.03 Å². The fourth-order valence-electron chi connectivity index (χ4n) is 3.32. The molecule has 23 heavy (non-hydrogen) atoms. The first-order valence-electron chi connectivity index (χ1n) is 8.66.